The molecule has 3 aliphatic heterocycles. The second-order valence-electron chi connectivity index (χ2n) is 6.43. The van der Waals surface area contributed by atoms with Crippen molar-refractivity contribution in [3.05, 3.63) is 23.8 Å². The van der Waals surface area contributed by atoms with E-state index in [1.54, 1.807) is 0 Å². The first kappa shape index (κ1) is 13.6. The first-order valence-electron chi connectivity index (χ1n) is 8.25. The molecule has 2 amide bonds. The number of anilines is 2. The molecule has 0 radical (unpaired) electrons. The van der Waals surface area contributed by atoms with Gasteiger partial charge in [-0.25, -0.2) is 0 Å². The van der Waals surface area contributed by atoms with Gasteiger partial charge >= 0.3 is 0 Å². The van der Waals surface area contributed by atoms with Crippen LogP contribution in [-0.4, -0.2) is 42.4 Å². The van der Waals surface area contributed by atoms with Gasteiger partial charge in [0.1, 0.15) is 6.04 Å². The molecular formula is C17H21N3O2. The predicted octanol–water partition coefficient (Wildman–Crippen LogP) is 2.23. The minimum Gasteiger partial charge on any atom is -0.358 e. The van der Waals surface area contributed by atoms with E-state index >= 15 is 0 Å². The van der Waals surface area contributed by atoms with Crippen LogP contribution in [0.3, 0.4) is 0 Å². The summed E-state index contributed by atoms with van der Waals surface area (Å²) in [6.07, 6.45) is 5.32. The second kappa shape index (κ2) is 5.30. The minimum atomic E-state index is -0.0404. The van der Waals surface area contributed by atoms with Crippen LogP contribution < -0.4 is 10.2 Å². The fourth-order valence-corrected chi connectivity index (χ4v) is 3.83. The van der Waals surface area contributed by atoms with E-state index in [0.717, 1.165) is 63.1 Å². The summed E-state index contributed by atoms with van der Waals surface area (Å²) < 4.78 is 0. The van der Waals surface area contributed by atoms with Crippen LogP contribution in [0, 0.1) is 0 Å². The van der Waals surface area contributed by atoms with Gasteiger partial charge in [-0.05, 0) is 50.3 Å². The van der Waals surface area contributed by atoms with Crippen LogP contribution in [-0.2, 0) is 4.79 Å². The summed E-state index contributed by atoms with van der Waals surface area (Å²) in [6, 6.07) is 5.71. The highest BCUT2D eigenvalue weighted by atomic mass is 16.2. The summed E-state index contributed by atoms with van der Waals surface area (Å²) in [7, 11) is 0. The zero-order valence-corrected chi connectivity index (χ0v) is 12.7. The summed E-state index contributed by atoms with van der Waals surface area (Å²) in [5, 5.41) is 2.99. The number of fused-ring (bicyclic) bond motifs is 3. The van der Waals surface area contributed by atoms with Gasteiger partial charge in [-0.15, -0.1) is 0 Å². The molecule has 0 aliphatic carbocycles. The molecule has 1 aromatic carbocycles. The van der Waals surface area contributed by atoms with Crippen LogP contribution in [0.4, 0.5) is 11.4 Å². The number of carbonyl (C=O) groups excluding carboxylic acids is 2. The van der Waals surface area contributed by atoms with Crippen LogP contribution in [0.5, 0.6) is 0 Å². The van der Waals surface area contributed by atoms with Crippen molar-refractivity contribution in [1.29, 1.82) is 0 Å². The Balaban J connectivity index is 1.65. The molecule has 2 saturated heterocycles. The number of rotatable bonds is 1. The highest BCUT2D eigenvalue weighted by Crippen LogP contribution is 2.36. The van der Waals surface area contributed by atoms with E-state index < -0.39 is 0 Å². The molecule has 1 aromatic rings. The molecule has 0 spiro atoms. The number of benzene rings is 1. The number of nitrogens with zero attached hydrogens (tertiary/aromatic N) is 2. The summed E-state index contributed by atoms with van der Waals surface area (Å²) in [5.74, 6) is 0.147. The molecule has 1 N–H and O–H groups in total. The van der Waals surface area contributed by atoms with Crippen LogP contribution in [0.1, 0.15) is 42.5 Å². The Kier molecular flexibility index (Phi) is 3.28. The molecule has 5 heteroatoms. The standard InChI is InChI=1S/C17H21N3O2/c21-16-15-5-1-2-10-20(15)14-7-6-12(11-13(14)18-16)17(22)19-8-3-4-9-19/h6-7,11,15H,1-5,8-10H2,(H,18,21). The van der Waals surface area contributed by atoms with Gasteiger partial charge in [-0.2, -0.15) is 0 Å². The lowest BCUT2D eigenvalue weighted by atomic mass is 9.96. The predicted molar refractivity (Wildman–Crippen MR) is 85.2 cm³/mol. The molecule has 4 rings (SSSR count). The van der Waals surface area contributed by atoms with Crippen LogP contribution in [0.2, 0.25) is 0 Å². The molecule has 1 unspecified atom stereocenters. The van der Waals surface area contributed by atoms with Gasteiger partial charge in [0, 0.05) is 25.2 Å². The summed E-state index contributed by atoms with van der Waals surface area (Å²) >= 11 is 0. The van der Waals surface area contributed by atoms with Crippen molar-refractivity contribution in [2.45, 2.75) is 38.1 Å². The lowest BCUT2D eigenvalue weighted by Gasteiger charge is -2.41. The van der Waals surface area contributed by atoms with Crippen molar-refractivity contribution in [3.8, 4) is 0 Å². The lowest BCUT2D eigenvalue weighted by molar-refractivity contribution is -0.118. The maximum atomic E-state index is 12.5. The Labute approximate surface area is 130 Å². The third-order valence-corrected chi connectivity index (χ3v) is 5.01. The van der Waals surface area contributed by atoms with E-state index in [-0.39, 0.29) is 17.9 Å². The number of carbonyl (C=O) groups is 2. The third kappa shape index (κ3) is 2.16. The zero-order valence-electron chi connectivity index (χ0n) is 12.7. The molecule has 0 aromatic heterocycles. The van der Waals surface area contributed by atoms with Crippen molar-refractivity contribution in [2.24, 2.45) is 0 Å². The smallest absolute Gasteiger partial charge is 0.253 e. The molecule has 0 saturated carbocycles. The van der Waals surface area contributed by atoms with E-state index in [0.29, 0.717) is 5.56 Å². The van der Waals surface area contributed by atoms with Gasteiger partial charge in [-0.1, -0.05) is 0 Å². The Morgan fingerprint density at radius 1 is 1.09 bits per heavy atom. The van der Waals surface area contributed by atoms with Gasteiger partial charge in [-0.3, -0.25) is 9.59 Å². The monoisotopic (exact) mass is 299 g/mol. The van der Waals surface area contributed by atoms with Gasteiger partial charge in [0.05, 0.1) is 11.4 Å². The average Bonchev–Trinajstić information content (AvgIpc) is 3.08. The van der Waals surface area contributed by atoms with Crippen molar-refractivity contribution >= 4 is 23.2 Å². The lowest BCUT2D eigenvalue weighted by Crippen LogP contribution is -2.50. The largest absolute Gasteiger partial charge is 0.358 e. The van der Waals surface area contributed by atoms with E-state index in [1.165, 1.54) is 0 Å². The van der Waals surface area contributed by atoms with E-state index in [2.05, 4.69) is 10.2 Å². The Hall–Kier alpha value is -2.04. The van der Waals surface area contributed by atoms with Gasteiger partial charge in [0.25, 0.3) is 5.91 Å². The fraction of sp³-hybridized carbons (Fsp3) is 0.529. The van der Waals surface area contributed by atoms with E-state index in [1.807, 2.05) is 23.1 Å². The molecule has 3 aliphatic rings. The summed E-state index contributed by atoms with van der Waals surface area (Å²) in [4.78, 5) is 28.9. The van der Waals surface area contributed by atoms with E-state index in [4.69, 9.17) is 0 Å². The summed E-state index contributed by atoms with van der Waals surface area (Å²) in [5.41, 5.74) is 2.52. The second-order valence-corrected chi connectivity index (χ2v) is 6.43. The first-order valence-corrected chi connectivity index (χ1v) is 8.25. The summed E-state index contributed by atoms with van der Waals surface area (Å²) in [6.45, 7) is 2.61. The topological polar surface area (TPSA) is 52.7 Å². The quantitative estimate of drug-likeness (QED) is 0.865. The Morgan fingerprint density at radius 2 is 1.86 bits per heavy atom. The maximum absolute atomic E-state index is 12.5. The highest BCUT2D eigenvalue weighted by molar-refractivity contribution is 6.05. The van der Waals surface area contributed by atoms with Crippen molar-refractivity contribution < 1.29 is 9.59 Å². The molecular weight excluding hydrogens is 278 g/mol. The SMILES string of the molecule is O=C1Nc2cc(C(=O)N3CCCC3)ccc2N2CCCCC12. The van der Waals surface area contributed by atoms with Crippen LogP contribution in [0.15, 0.2) is 18.2 Å². The number of amides is 2. The number of nitrogens with one attached hydrogen (secondary N) is 1. The average molecular weight is 299 g/mol. The number of likely N-dealkylation sites (tertiary alicyclic amines) is 1. The van der Waals surface area contributed by atoms with Crippen molar-refractivity contribution in [1.82, 2.24) is 4.90 Å². The molecule has 22 heavy (non-hydrogen) atoms. The van der Waals surface area contributed by atoms with Gasteiger partial charge in [0.2, 0.25) is 5.91 Å². The fourth-order valence-electron chi connectivity index (χ4n) is 3.83. The molecule has 5 nitrogen and oxygen atoms in total. The Morgan fingerprint density at radius 3 is 2.68 bits per heavy atom. The van der Waals surface area contributed by atoms with Crippen LogP contribution in [0.25, 0.3) is 0 Å². The number of piperidine rings is 1. The first-order chi connectivity index (χ1) is 10.7. The maximum Gasteiger partial charge on any atom is 0.253 e. The van der Waals surface area contributed by atoms with Crippen molar-refractivity contribution in [3.63, 3.8) is 0 Å². The number of hydrogen-bond donors (Lipinski definition) is 1. The van der Waals surface area contributed by atoms with Gasteiger partial charge < -0.3 is 15.1 Å². The zero-order chi connectivity index (χ0) is 15.1. The minimum absolute atomic E-state index is 0.0404. The highest BCUT2D eigenvalue weighted by Gasteiger charge is 2.35. The molecule has 2 fully saturated rings. The van der Waals surface area contributed by atoms with Gasteiger partial charge in [0.15, 0.2) is 0 Å². The van der Waals surface area contributed by atoms with E-state index in [9.17, 15) is 9.59 Å². The molecule has 0 bridgehead atoms. The number of hydrogen-bond acceptors (Lipinski definition) is 3. The Bertz CT molecular complexity index is 622. The van der Waals surface area contributed by atoms with Crippen molar-refractivity contribution in [2.75, 3.05) is 29.9 Å². The normalized spacial score (nSPS) is 23.8. The third-order valence-electron chi connectivity index (χ3n) is 5.01. The molecule has 116 valence electrons. The van der Waals surface area contributed by atoms with Crippen LogP contribution >= 0.6 is 0 Å². The molecule has 1 atom stereocenters. The molecule has 3 heterocycles.